The lowest BCUT2D eigenvalue weighted by Crippen LogP contribution is -2.28. The van der Waals surface area contributed by atoms with Crippen LogP contribution in [0.25, 0.3) is 0 Å². The SMILES string of the molecule is CC(C)CSCc1noc([C@@H]2Cc3ccccc3CN2)n1. The monoisotopic (exact) mass is 303 g/mol. The Hall–Kier alpha value is -1.33. The summed E-state index contributed by atoms with van der Waals surface area (Å²) in [6, 6.07) is 8.65. The fourth-order valence-corrected chi connectivity index (χ4v) is 3.37. The molecular weight excluding hydrogens is 282 g/mol. The third-order valence-electron chi connectivity index (χ3n) is 3.55. The Morgan fingerprint density at radius 3 is 2.95 bits per heavy atom. The van der Waals surface area contributed by atoms with Crippen LogP contribution in [-0.4, -0.2) is 15.9 Å². The molecule has 0 saturated carbocycles. The van der Waals surface area contributed by atoms with Crippen LogP contribution in [0.3, 0.4) is 0 Å². The summed E-state index contributed by atoms with van der Waals surface area (Å²) in [6.07, 6.45) is 0.914. The minimum absolute atomic E-state index is 0.135. The summed E-state index contributed by atoms with van der Waals surface area (Å²) in [5, 5.41) is 7.57. The largest absolute Gasteiger partial charge is 0.338 e. The van der Waals surface area contributed by atoms with Gasteiger partial charge in [0.15, 0.2) is 5.82 Å². The number of benzene rings is 1. The molecule has 0 radical (unpaired) electrons. The third kappa shape index (κ3) is 3.66. The number of fused-ring (bicyclic) bond motifs is 1. The minimum Gasteiger partial charge on any atom is -0.338 e. The summed E-state index contributed by atoms with van der Waals surface area (Å²) < 4.78 is 5.44. The van der Waals surface area contributed by atoms with Gasteiger partial charge in [0.05, 0.1) is 11.8 Å². The molecule has 0 unspecified atom stereocenters. The Morgan fingerprint density at radius 2 is 2.14 bits per heavy atom. The number of nitrogens with one attached hydrogen (secondary N) is 1. The van der Waals surface area contributed by atoms with Gasteiger partial charge in [-0.05, 0) is 29.2 Å². The van der Waals surface area contributed by atoms with Crippen LogP contribution in [0.1, 0.15) is 42.7 Å². The van der Waals surface area contributed by atoms with E-state index in [1.54, 1.807) is 0 Å². The second kappa shape index (κ2) is 6.62. The first-order valence-electron chi connectivity index (χ1n) is 7.42. The highest BCUT2D eigenvalue weighted by Crippen LogP contribution is 2.25. The third-order valence-corrected chi connectivity index (χ3v) is 4.91. The molecule has 0 aliphatic carbocycles. The van der Waals surface area contributed by atoms with E-state index in [2.05, 4.69) is 53.6 Å². The number of hydrogen-bond acceptors (Lipinski definition) is 5. The van der Waals surface area contributed by atoms with Crippen molar-refractivity contribution in [3.05, 3.63) is 47.1 Å². The van der Waals surface area contributed by atoms with Crippen LogP contribution in [0, 0.1) is 5.92 Å². The first-order valence-corrected chi connectivity index (χ1v) is 8.58. The van der Waals surface area contributed by atoms with Crippen LogP contribution in [0.2, 0.25) is 0 Å². The molecule has 1 atom stereocenters. The molecule has 1 aromatic heterocycles. The topological polar surface area (TPSA) is 51.0 Å². The quantitative estimate of drug-likeness (QED) is 0.918. The van der Waals surface area contributed by atoms with E-state index in [-0.39, 0.29) is 6.04 Å². The fraction of sp³-hybridized carbons (Fsp3) is 0.500. The Bertz CT molecular complexity index is 597. The molecule has 112 valence electrons. The zero-order valence-electron chi connectivity index (χ0n) is 12.5. The fourth-order valence-electron chi connectivity index (χ4n) is 2.48. The maximum absolute atomic E-state index is 5.44. The van der Waals surface area contributed by atoms with Gasteiger partial charge in [0, 0.05) is 6.54 Å². The summed E-state index contributed by atoms with van der Waals surface area (Å²) in [6.45, 7) is 5.30. The zero-order chi connectivity index (χ0) is 14.7. The first kappa shape index (κ1) is 14.6. The lowest BCUT2D eigenvalue weighted by atomic mass is 9.96. The van der Waals surface area contributed by atoms with Crippen molar-refractivity contribution in [2.75, 3.05) is 5.75 Å². The van der Waals surface area contributed by atoms with Crippen molar-refractivity contribution >= 4 is 11.8 Å². The highest BCUT2D eigenvalue weighted by atomic mass is 32.2. The molecule has 0 saturated heterocycles. The molecule has 2 heterocycles. The predicted molar refractivity (Wildman–Crippen MR) is 85.0 cm³/mol. The van der Waals surface area contributed by atoms with Gasteiger partial charge in [0.1, 0.15) is 0 Å². The predicted octanol–water partition coefficient (Wildman–Crippen LogP) is 3.35. The molecule has 3 rings (SSSR count). The van der Waals surface area contributed by atoms with E-state index in [0.717, 1.165) is 30.3 Å². The Labute approximate surface area is 129 Å². The summed E-state index contributed by atoms with van der Waals surface area (Å²) in [4.78, 5) is 4.54. The normalized spacial score (nSPS) is 18.0. The maximum Gasteiger partial charge on any atom is 0.244 e. The van der Waals surface area contributed by atoms with Crippen molar-refractivity contribution in [2.24, 2.45) is 5.92 Å². The first-order chi connectivity index (χ1) is 10.2. The second-order valence-corrected chi connectivity index (χ2v) is 6.89. The average Bonchev–Trinajstić information content (AvgIpc) is 2.95. The number of thioether (sulfide) groups is 1. The van der Waals surface area contributed by atoms with Crippen molar-refractivity contribution < 1.29 is 4.52 Å². The molecule has 1 aromatic carbocycles. The molecule has 0 bridgehead atoms. The van der Waals surface area contributed by atoms with Gasteiger partial charge in [0.2, 0.25) is 5.89 Å². The van der Waals surface area contributed by atoms with Crippen molar-refractivity contribution in [1.82, 2.24) is 15.5 Å². The van der Waals surface area contributed by atoms with E-state index < -0.39 is 0 Å². The van der Waals surface area contributed by atoms with Gasteiger partial charge in [-0.1, -0.05) is 43.3 Å². The Balaban J connectivity index is 1.62. The van der Waals surface area contributed by atoms with Gasteiger partial charge >= 0.3 is 0 Å². The van der Waals surface area contributed by atoms with E-state index in [1.165, 1.54) is 11.1 Å². The molecule has 0 fully saturated rings. The smallest absolute Gasteiger partial charge is 0.244 e. The van der Waals surface area contributed by atoms with Gasteiger partial charge < -0.3 is 9.84 Å². The molecule has 2 aromatic rings. The van der Waals surface area contributed by atoms with E-state index in [0.29, 0.717) is 11.8 Å². The molecule has 4 nitrogen and oxygen atoms in total. The maximum atomic E-state index is 5.44. The van der Waals surface area contributed by atoms with Crippen LogP contribution in [-0.2, 0) is 18.7 Å². The summed E-state index contributed by atoms with van der Waals surface area (Å²) in [5.74, 6) is 4.16. The van der Waals surface area contributed by atoms with Crippen molar-refractivity contribution in [3.8, 4) is 0 Å². The lowest BCUT2D eigenvalue weighted by Gasteiger charge is -2.23. The molecule has 0 amide bonds. The summed E-state index contributed by atoms with van der Waals surface area (Å²) in [5.41, 5.74) is 2.73. The van der Waals surface area contributed by atoms with Crippen LogP contribution in [0.5, 0.6) is 0 Å². The highest BCUT2D eigenvalue weighted by Gasteiger charge is 2.24. The second-order valence-electron chi connectivity index (χ2n) is 5.86. The van der Waals surface area contributed by atoms with Crippen LogP contribution in [0.4, 0.5) is 0 Å². The van der Waals surface area contributed by atoms with Gasteiger partial charge in [-0.2, -0.15) is 16.7 Å². The summed E-state index contributed by atoms with van der Waals surface area (Å²) >= 11 is 1.86. The Kier molecular flexibility index (Phi) is 4.60. The number of aromatic nitrogens is 2. The average molecular weight is 303 g/mol. The molecule has 1 aliphatic rings. The standard InChI is InChI=1S/C16H21N3OS/c1-11(2)9-21-10-15-18-16(20-19-15)14-7-12-5-3-4-6-13(12)8-17-14/h3-6,11,14,17H,7-10H2,1-2H3/t14-/m0/s1. The van der Waals surface area contributed by atoms with Crippen LogP contribution >= 0.6 is 11.8 Å². The van der Waals surface area contributed by atoms with Gasteiger partial charge in [-0.15, -0.1) is 0 Å². The van der Waals surface area contributed by atoms with Crippen molar-refractivity contribution in [1.29, 1.82) is 0 Å². The number of hydrogen-bond donors (Lipinski definition) is 1. The number of nitrogens with zero attached hydrogens (tertiary/aromatic N) is 2. The number of rotatable bonds is 5. The van der Waals surface area contributed by atoms with Gasteiger partial charge in [-0.3, -0.25) is 0 Å². The molecular formula is C16H21N3OS. The molecule has 0 spiro atoms. The van der Waals surface area contributed by atoms with Crippen molar-refractivity contribution in [3.63, 3.8) is 0 Å². The molecule has 1 N–H and O–H groups in total. The van der Waals surface area contributed by atoms with Gasteiger partial charge in [-0.25, -0.2) is 0 Å². The van der Waals surface area contributed by atoms with E-state index in [4.69, 9.17) is 4.52 Å². The molecule has 21 heavy (non-hydrogen) atoms. The van der Waals surface area contributed by atoms with E-state index >= 15 is 0 Å². The zero-order valence-corrected chi connectivity index (χ0v) is 13.3. The summed E-state index contributed by atoms with van der Waals surface area (Å²) in [7, 11) is 0. The molecule has 5 heteroatoms. The van der Waals surface area contributed by atoms with Crippen LogP contribution < -0.4 is 5.32 Å². The van der Waals surface area contributed by atoms with Crippen LogP contribution in [0.15, 0.2) is 28.8 Å². The Morgan fingerprint density at radius 1 is 1.33 bits per heavy atom. The van der Waals surface area contributed by atoms with Crippen molar-refractivity contribution in [2.45, 2.75) is 38.6 Å². The van der Waals surface area contributed by atoms with E-state index in [9.17, 15) is 0 Å². The van der Waals surface area contributed by atoms with E-state index in [1.807, 2.05) is 11.8 Å². The minimum atomic E-state index is 0.135. The molecule has 1 aliphatic heterocycles. The lowest BCUT2D eigenvalue weighted by molar-refractivity contribution is 0.319. The highest BCUT2D eigenvalue weighted by molar-refractivity contribution is 7.98. The van der Waals surface area contributed by atoms with Gasteiger partial charge in [0.25, 0.3) is 0 Å².